The first kappa shape index (κ1) is 16.9. The number of hydrogen-bond donors (Lipinski definition) is 2. The summed E-state index contributed by atoms with van der Waals surface area (Å²) in [4.78, 5) is 2.30. The van der Waals surface area contributed by atoms with Crippen LogP contribution in [-0.4, -0.2) is 58.2 Å². The lowest BCUT2D eigenvalue weighted by Gasteiger charge is -2.28. The van der Waals surface area contributed by atoms with Crippen molar-refractivity contribution in [1.29, 1.82) is 0 Å². The second-order valence-corrected chi connectivity index (χ2v) is 7.05. The summed E-state index contributed by atoms with van der Waals surface area (Å²) >= 11 is 0. The fourth-order valence-corrected chi connectivity index (χ4v) is 2.11. The van der Waals surface area contributed by atoms with Crippen LogP contribution in [0.3, 0.4) is 0 Å². The Kier molecular flexibility index (Phi) is 5.80. The van der Waals surface area contributed by atoms with E-state index in [1.807, 2.05) is 27.7 Å². The van der Waals surface area contributed by atoms with Gasteiger partial charge in [0.15, 0.2) is 0 Å². The van der Waals surface area contributed by atoms with Crippen molar-refractivity contribution >= 4 is 0 Å². The molecule has 4 heteroatoms. The molecule has 1 aliphatic heterocycles. The van der Waals surface area contributed by atoms with E-state index < -0.39 is 11.2 Å². The van der Waals surface area contributed by atoms with E-state index in [2.05, 4.69) is 11.8 Å². The van der Waals surface area contributed by atoms with Gasteiger partial charge in [0.1, 0.15) is 0 Å². The van der Waals surface area contributed by atoms with E-state index in [1.165, 1.54) is 0 Å². The molecule has 1 fully saturated rings. The number of hydrogen-bond acceptors (Lipinski definition) is 4. The number of nitrogens with zero attached hydrogens (tertiary/aromatic N) is 1. The molecule has 0 bridgehead atoms. The predicted octanol–water partition coefficient (Wildman–Crippen LogP) is 1.79. The van der Waals surface area contributed by atoms with Crippen molar-refractivity contribution in [2.75, 3.05) is 19.6 Å². The largest absolute Gasteiger partial charge is 0.390 e. The molecule has 0 aromatic rings. The molecule has 0 radical (unpaired) electrons. The predicted molar refractivity (Wildman–Crippen MR) is 77.2 cm³/mol. The summed E-state index contributed by atoms with van der Waals surface area (Å²) in [5.74, 6) is 0. The standard InChI is InChI=1S/C15H31NO3/c1-6-12-13(19-12)11-16(9-7-14(2,3)17)10-8-15(4,5)18/h12-13,17-18H,6-11H2,1-5H3. The van der Waals surface area contributed by atoms with Gasteiger partial charge in [-0.05, 0) is 47.0 Å². The van der Waals surface area contributed by atoms with Crippen LogP contribution in [0, 0.1) is 0 Å². The molecule has 2 unspecified atom stereocenters. The third-order valence-corrected chi connectivity index (χ3v) is 3.61. The first-order valence-electron chi connectivity index (χ1n) is 7.43. The van der Waals surface area contributed by atoms with Crippen LogP contribution >= 0.6 is 0 Å². The highest BCUT2D eigenvalue weighted by atomic mass is 16.6. The first-order chi connectivity index (χ1) is 8.61. The molecule has 2 atom stereocenters. The van der Waals surface area contributed by atoms with E-state index >= 15 is 0 Å². The Balaban J connectivity index is 2.39. The smallest absolute Gasteiger partial charge is 0.0968 e. The van der Waals surface area contributed by atoms with Crippen LogP contribution in [0.5, 0.6) is 0 Å². The summed E-state index contributed by atoms with van der Waals surface area (Å²) in [6.45, 7) is 12.1. The Morgan fingerprint density at radius 1 is 0.947 bits per heavy atom. The Morgan fingerprint density at radius 3 is 1.74 bits per heavy atom. The average Bonchev–Trinajstić information content (AvgIpc) is 2.98. The zero-order chi connectivity index (χ0) is 14.7. The molecule has 0 spiro atoms. The molecule has 0 saturated carbocycles. The van der Waals surface area contributed by atoms with Gasteiger partial charge >= 0.3 is 0 Å². The maximum Gasteiger partial charge on any atom is 0.0968 e. The molecule has 1 rings (SSSR count). The molecule has 2 N–H and O–H groups in total. The van der Waals surface area contributed by atoms with Crippen LogP contribution in [-0.2, 0) is 4.74 Å². The van der Waals surface area contributed by atoms with Crippen molar-refractivity contribution in [2.45, 2.75) is 77.3 Å². The summed E-state index contributed by atoms with van der Waals surface area (Å²) in [7, 11) is 0. The lowest BCUT2D eigenvalue weighted by atomic mass is 10.0. The van der Waals surface area contributed by atoms with Gasteiger partial charge in [0.25, 0.3) is 0 Å². The molecule has 19 heavy (non-hydrogen) atoms. The monoisotopic (exact) mass is 273 g/mol. The molecular weight excluding hydrogens is 242 g/mol. The number of ether oxygens (including phenoxy) is 1. The fraction of sp³-hybridized carbons (Fsp3) is 1.00. The van der Waals surface area contributed by atoms with E-state index in [-0.39, 0.29) is 0 Å². The molecule has 4 nitrogen and oxygen atoms in total. The topological polar surface area (TPSA) is 56.2 Å². The average molecular weight is 273 g/mol. The van der Waals surface area contributed by atoms with E-state index in [1.54, 1.807) is 0 Å². The highest BCUT2D eigenvalue weighted by Crippen LogP contribution is 2.26. The molecule has 1 heterocycles. The molecule has 0 aromatic carbocycles. The van der Waals surface area contributed by atoms with E-state index in [9.17, 15) is 10.2 Å². The normalized spacial score (nSPS) is 24.0. The van der Waals surface area contributed by atoms with E-state index in [0.717, 1.165) is 38.9 Å². The summed E-state index contributed by atoms with van der Waals surface area (Å²) in [5.41, 5.74) is -1.27. The van der Waals surface area contributed by atoms with Crippen LogP contribution in [0.15, 0.2) is 0 Å². The molecule has 0 aromatic heterocycles. The highest BCUT2D eigenvalue weighted by molar-refractivity contribution is 4.87. The van der Waals surface area contributed by atoms with Gasteiger partial charge in [-0.3, -0.25) is 0 Å². The second-order valence-electron chi connectivity index (χ2n) is 7.05. The number of rotatable bonds is 9. The van der Waals surface area contributed by atoms with Crippen LogP contribution in [0.2, 0.25) is 0 Å². The number of epoxide rings is 1. The SMILES string of the molecule is CCC1OC1CN(CCC(C)(C)O)CCC(C)(C)O. The van der Waals surface area contributed by atoms with Gasteiger partial charge in [-0.1, -0.05) is 6.92 Å². The van der Waals surface area contributed by atoms with Crippen molar-refractivity contribution in [2.24, 2.45) is 0 Å². The van der Waals surface area contributed by atoms with E-state index in [0.29, 0.717) is 12.2 Å². The fourth-order valence-electron chi connectivity index (χ4n) is 2.11. The van der Waals surface area contributed by atoms with Gasteiger partial charge in [0.2, 0.25) is 0 Å². The maximum absolute atomic E-state index is 9.84. The summed E-state index contributed by atoms with van der Waals surface area (Å²) in [5, 5.41) is 19.7. The van der Waals surface area contributed by atoms with Crippen molar-refractivity contribution in [1.82, 2.24) is 4.90 Å². The summed E-state index contributed by atoms with van der Waals surface area (Å²) in [6.07, 6.45) is 3.29. The van der Waals surface area contributed by atoms with Gasteiger partial charge in [0.05, 0.1) is 23.4 Å². The van der Waals surface area contributed by atoms with Crippen LogP contribution in [0.25, 0.3) is 0 Å². The molecule has 1 aliphatic rings. The lowest BCUT2D eigenvalue weighted by molar-refractivity contribution is 0.0398. The van der Waals surface area contributed by atoms with E-state index in [4.69, 9.17) is 4.74 Å². The minimum absolute atomic E-state index is 0.341. The van der Waals surface area contributed by atoms with Gasteiger partial charge in [-0.15, -0.1) is 0 Å². The minimum atomic E-state index is -0.637. The van der Waals surface area contributed by atoms with Crippen molar-refractivity contribution in [3.05, 3.63) is 0 Å². The third-order valence-electron chi connectivity index (χ3n) is 3.61. The quantitative estimate of drug-likeness (QED) is 0.629. The molecule has 0 aliphatic carbocycles. The Labute approximate surface area is 117 Å². The molecular formula is C15H31NO3. The summed E-state index contributed by atoms with van der Waals surface area (Å²) in [6, 6.07) is 0. The van der Waals surface area contributed by atoms with Crippen LogP contribution in [0.4, 0.5) is 0 Å². The van der Waals surface area contributed by atoms with Gasteiger partial charge in [-0.25, -0.2) is 0 Å². The summed E-state index contributed by atoms with van der Waals surface area (Å²) < 4.78 is 5.59. The highest BCUT2D eigenvalue weighted by Gasteiger charge is 2.38. The zero-order valence-corrected chi connectivity index (χ0v) is 13.1. The molecule has 1 saturated heterocycles. The molecule has 114 valence electrons. The first-order valence-corrected chi connectivity index (χ1v) is 7.43. The van der Waals surface area contributed by atoms with Crippen molar-refractivity contribution in [3.63, 3.8) is 0 Å². The third kappa shape index (κ3) is 7.88. The zero-order valence-electron chi connectivity index (χ0n) is 13.1. The minimum Gasteiger partial charge on any atom is -0.390 e. The van der Waals surface area contributed by atoms with Crippen molar-refractivity contribution in [3.8, 4) is 0 Å². The van der Waals surface area contributed by atoms with Gasteiger partial charge < -0.3 is 19.8 Å². The van der Waals surface area contributed by atoms with Crippen LogP contribution in [0.1, 0.15) is 53.9 Å². The van der Waals surface area contributed by atoms with Gasteiger partial charge in [0, 0.05) is 19.6 Å². The van der Waals surface area contributed by atoms with Crippen LogP contribution < -0.4 is 0 Å². The Hall–Kier alpha value is -0.160. The number of aliphatic hydroxyl groups is 2. The van der Waals surface area contributed by atoms with Gasteiger partial charge in [-0.2, -0.15) is 0 Å². The second kappa shape index (κ2) is 6.53. The maximum atomic E-state index is 9.84. The Bertz CT molecular complexity index is 250. The molecule has 0 amide bonds. The lowest BCUT2D eigenvalue weighted by Crippen LogP contribution is -2.37. The van der Waals surface area contributed by atoms with Crippen molar-refractivity contribution < 1.29 is 14.9 Å². The Morgan fingerprint density at radius 2 is 1.42 bits per heavy atom.